The van der Waals surface area contributed by atoms with E-state index in [9.17, 15) is 24.3 Å². The highest BCUT2D eigenvalue weighted by Gasteiger charge is 2.32. The molecule has 3 amide bonds. The van der Waals surface area contributed by atoms with Gasteiger partial charge in [0.1, 0.15) is 18.1 Å². The fraction of sp³-hybridized carbons (Fsp3) is 0.429. The SMILES string of the molecule is CC(C)C(NC(=O)C(NC(=O)C(Cc1ccccc1)NC(=O)C(N)Cc1ccccc1)C(C)C)C(=O)O. The maximum absolute atomic E-state index is 13.4. The molecule has 2 rings (SSSR count). The lowest BCUT2D eigenvalue weighted by Crippen LogP contribution is -2.59. The third kappa shape index (κ3) is 9.34. The van der Waals surface area contributed by atoms with Gasteiger partial charge in [0.25, 0.3) is 0 Å². The highest BCUT2D eigenvalue weighted by molar-refractivity contribution is 5.94. The highest BCUT2D eigenvalue weighted by atomic mass is 16.4. The Morgan fingerprint density at radius 3 is 1.59 bits per heavy atom. The number of carboxylic acid groups (broad SMARTS) is 1. The molecule has 0 aliphatic carbocycles. The summed E-state index contributed by atoms with van der Waals surface area (Å²) in [6, 6.07) is 14.5. The highest BCUT2D eigenvalue weighted by Crippen LogP contribution is 2.10. The van der Waals surface area contributed by atoms with Crippen molar-refractivity contribution in [3.8, 4) is 0 Å². The van der Waals surface area contributed by atoms with E-state index in [0.29, 0.717) is 6.42 Å². The average Bonchev–Trinajstić information content (AvgIpc) is 2.85. The molecule has 0 spiro atoms. The third-order valence-electron chi connectivity index (χ3n) is 6.03. The number of hydrogen-bond donors (Lipinski definition) is 5. The van der Waals surface area contributed by atoms with Crippen molar-refractivity contribution in [1.29, 1.82) is 0 Å². The van der Waals surface area contributed by atoms with Crippen molar-refractivity contribution in [2.24, 2.45) is 17.6 Å². The molecule has 9 heteroatoms. The number of nitrogens with one attached hydrogen (secondary N) is 3. The predicted octanol–water partition coefficient (Wildman–Crippen LogP) is 1.65. The summed E-state index contributed by atoms with van der Waals surface area (Å²) in [6.07, 6.45) is 0.488. The summed E-state index contributed by atoms with van der Waals surface area (Å²) in [4.78, 5) is 50.8. The Kier molecular flexibility index (Phi) is 11.3. The fourth-order valence-corrected chi connectivity index (χ4v) is 3.84. The van der Waals surface area contributed by atoms with Crippen molar-refractivity contribution in [3.05, 3.63) is 71.8 Å². The van der Waals surface area contributed by atoms with Gasteiger partial charge in [0.05, 0.1) is 6.04 Å². The molecular weight excluding hydrogens is 472 g/mol. The van der Waals surface area contributed by atoms with Crippen LogP contribution in [0.4, 0.5) is 0 Å². The number of carbonyl (C=O) groups excluding carboxylic acids is 3. The second-order valence-electron chi connectivity index (χ2n) is 9.85. The van der Waals surface area contributed by atoms with E-state index in [1.165, 1.54) is 0 Å². The Balaban J connectivity index is 2.19. The van der Waals surface area contributed by atoms with Gasteiger partial charge in [-0.2, -0.15) is 0 Å². The average molecular weight is 511 g/mol. The number of nitrogens with two attached hydrogens (primary N) is 1. The van der Waals surface area contributed by atoms with Gasteiger partial charge in [0, 0.05) is 6.42 Å². The number of rotatable bonds is 13. The number of amides is 3. The lowest BCUT2D eigenvalue weighted by molar-refractivity contribution is -0.143. The zero-order chi connectivity index (χ0) is 27.5. The van der Waals surface area contributed by atoms with Gasteiger partial charge in [0.2, 0.25) is 17.7 Å². The molecule has 4 atom stereocenters. The van der Waals surface area contributed by atoms with Crippen molar-refractivity contribution < 1.29 is 24.3 Å². The molecule has 0 bridgehead atoms. The summed E-state index contributed by atoms with van der Waals surface area (Å²) in [5.41, 5.74) is 7.84. The maximum atomic E-state index is 13.4. The van der Waals surface area contributed by atoms with Gasteiger partial charge in [-0.3, -0.25) is 14.4 Å². The molecule has 2 aromatic rings. The Labute approximate surface area is 218 Å². The van der Waals surface area contributed by atoms with Crippen molar-refractivity contribution in [1.82, 2.24) is 16.0 Å². The third-order valence-corrected chi connectivity index (χ3v) is 6.03. The Hall–Kier alpha value is -3.72. The van der Waals surface area contributed by atoms with Gasteiger partial charge in [-0.25, -0.2) is 4.79 Å². The number of aliphatic carboxylic acids is 1. The van der Waals surface area contributed by atoms with E-state index in [0.717, 1.165) is 11.1 Å². The van der Waals surface area contributed by atoms with Crippen molar-refractivity contribution in [2.45, 2.75) is 64.7 Å². The molecule has 37 heavy (non-hydrogen) atoms. The van der Waals surface area contributed by atoms with E-state index in [4.69, 9.17) is 5.73 Å². The molecule has 2 aromatic carbocycles. The van der Waals surface area contributed by atoms with Crippen LogP contribution in [-0.4, -0.2) is 53.0 Å². The lowest BCUT2D eigenvalue weighted by atomic mass is 9.98. The van der Waals surface area contributed by atoms with Crippen LogP contribution in [-0.2, 0) is 32.0 Å². The standard InChI is InChI=1S/C28H38N4O5/c1-17(2)23(27(35)32-24(18(3)4)28(36)37)31-26(34)22(16-20-13-9-6-10-14-20)30-25(33)21(29)15-19-11-7-5-8-12-19/h5-14,17-18,21-24H,15-16,29H2,1-4H3,(H,30,33)(H,31,34)(H,32,35)(H,36,37). The second-order valence-corrected chi connectivity index (χ2v) is 9.85. The number of hydrogen-bond acceptors (Lipinski definition) is 5. The van der Waals surface area contributed by atoms with E-state index in [1.54, 1.807) is 27.7 Å². The normalized spacial score (nSPS) is 14.4. The Bertz CT molecular complexity index is 1040. The summed E-state index contributed by atoms with van der Waals surface area (Å²) >= 11 is 0. The predicted molar refractivity (Wildman–Crippen MR) is 141 cm³/mol. The van der Waals surface area contributed by atoms with Crippen molar-refractivity contribution in [3.63, 3.8) is 0 Å². The smallest absolute Gasteiger partial charge is 0.326 e. The van der Waals surface area contributed by atoms with Gasteiger partial charge in [-0.15, -0.1) is 0 Å². The van der Waals surface area contributed by atoms with Gasteiger partial charge in [-0.1, -0.05) is 88.4 Å². The topological polar surface area (TPSA) is 151 Å². The van der Waals surface area contributed by atoms with E-state index < -0.39 is 47.9 Å². The minimum absolute atomic E-state index is 0.187. The molecule has 4 unspecified atom stereocenters. The van der Waals surface area contributed by atoms with Gasteiger partial charge >= 0.3 is 5.97 Å². The molecule has 0 saturated carbocycles. The summed E-state index contributed by atoms with van der Waals surface area (Å²) < 4.78 is 0. The van der Waals surface area contributed by atoms with E-state index in [1.807, 2.05) is 60.7 Å². The fourth-order valence-electron chi connectivity index (χ4n) is 3.84. The molecular formula is C28H38N4O5. The maximum Gasteiger partial charge on any atom is 0.326 e. The van der Waals surface area contributed by atoms with E-state index in [-0.39, 0.29) is 18.3 Å². The molecule has 0 radical (unpaired) electrons. The van der Waals surface area contributed by atoms with Gasteiger partial charge in [0.15, 0.2) is 0 Å². The first-order chi connectivity index (χ1) is 17.5. The molecule has 0 fully saturated rings. The van der Waals surface area contributed by atoms with Crippen LogP contribution in [0, 0.1) is 11.8 Å². The van der Waals surface area contributed by atoms with Crippen molar-refractivity contribution >= 4 is 23.7 Å². The molecule has 0 aromatic heterocycles. The largest absolute Gasteiger partial charge is 0.480 e. The first-order valence-electron chi connectivity index (χ1n) is 12.5. The molecule has 0 heterocycles. The molecule has 0 aliphatic heterocycles. The summed E-state index contributed by atoms with van der Waals surface area (Å²) in [5.74, 6) is -3.49. The van der Waals surface area contributed by atoms with Gasteiger partial charge < -0.3 is 26.8 Å². The minimum atomic E-state index is -1.15. The van der Waals surface area contributed by atoms with Crippen LogP contribution in [0.15, 0.2) is 60.7 Å². The lowest BCUT2D eigenvalue weighted by Gasteiger charge is -2.28. The molecule has 6 N–H and O–H groups in total. The monoisotopic (exact) mass is 510 g/mol. The van der Waals surface area contributed by atoms with Crippen LogP contribution in [0.2, 0.25) is 0 Å². The van der Waals surface area contributed by atoms with Crippen molar-refractivity contribution in [2.75, 3.05) is 0 Å². The molecule has 9 nitrogen and oxygen atoms in total. The zero-order valence-corrected chi connectivity index (χ0v) is 21.8. The Morgan fingerprint density at radius 1 is 0.676 bits per heavy atom. The second kappa shape index (κ2) is 14.1. The molecule has 0 aliphatic rings. The number of carbonyl (C=O) groups is 4. The summed E-state index contributed by atoms with van der Waals surface area (Å²) in [7, 11) is 0. The number of benzene rings is 2. The zero-order valence-electron chi connectivity index (χ0n) is 21.8. The molecule has 0 saturated heterocycles. The Morgan fingerprint density at radius 2 is 1.14 bits per heavy atom. The van der Waals surface area contributed by atoms with Crippen LogP contribution in [0.3, 0.4) is 0 Å². The van der Waals surface area contributed by atoms with Crippen LogP contribution in [0.1, 0.15) is 38.8 Å². The van der Waals surface area contributed by atoms with Crippen LogP contribution >= 0.6 is 0 Å². The first-order valence-corrected chi connectivity index (χ1v) is 12.5. The van der Waals surface area contributed by atoms with E-state index >= 15 is 0 Å². The summed E-state index contributed by atoms with van der Waals surface area (Å²) in [6.45, 7) is 6.87. The quantitative estimate of drug-likeness (QED) is 0.276. The summed E-state index contributed by atoms with van der Waals surface area (Å²) in [5, 5.41) is 17.4. The van der Waals surface area contributed by atoms with E-state index in [2.05, 4.69) is 16.0 Å². The first kappa shape index (κ1) is 29.5. The van der Waals surface area contributed by atoms with Gasteiger partial charge in [-0.05, 0) is 29.4 Å². The van der Waals surface area contributed by atoms with Crippen LogP contribution in [0.25, 0.3) is 0 Å². The molecule has 200 valence electrons. The van der Waals surface area contributed by atoms with Crippen LogP contribution in [0.5, 0.6) is 0 Å². The number of carboxylic acids is 1. The minimum Gasteiger partial charge on any atom is -0.480 e. The van der Waals surface area contributed by atoms with Crippen LogP contribution < -0.4 is 21.7 Å².